The number of fused-ring (bicyclic) bond motifs is 2. The first-order chi connectivity index (χ1) is 9.79. The molecule has 2 aliphatic rings. The van der Waals surface area contributed by atoms with Gasteiger partial charge in [0.1, 0.15) is 11.4 Å². The molecule has 0 atom stereocenters. The maximum absolute atomic E-state index is 13.8. The van der Waals surface area contributed by atoms with Crippen LogP contribution in [-0.4, -0.2) is 23.2 Å². The number of thioether (sulfide) groups is 1. The first kappa shape index (κ1) is 11.8. The Labute approximate surface area is 119 Å². The van der Waals surface area contributed by atoms with E-state index in [0.29, 0.717) is 11.0 Å². The van der Waals surface area contributed by atoms with E-state index in [0.717, 1.165) is 34.4 Å². The van der Waals surface area contributed by atoms with Crippen molar-refractivity contribution < 1.29 is 8.81 Å². The molecule has 0 bridgehead atoms. The molecule has 0 aliphatic carbocycles. The summed E-state index contributed by atoms with van der Waals surface area (Å²) in [7, 11) is 0. The van der Waals surface area contributed by atoms with Gasteiger partial charge in [0, 0.05) is 17.0 Å². The maximum Gasteiger partial charge on any atom is 0.168 e. The van der Waals surface area contributed by atoms with Crippen LogP contribution in [0.5, 0.6) is 0 Å². The molecule has 0 N–H and O–H groups in total. The van der Waals surface area contributed by atoms with Crippen LogP contribution >= 0.6 is 11.8 Å². The van der Waals surface area contributed by atoms with Gasteiger partial charge in [-0.15, -0.1) is 0 Å². The Morgan fingerprint density at radius 2 is 2.30 bits per heavy atom. The van der Waals surface area contributed by atoms with Crippen molar-refractivity contribution in [1.29, 1.82) is 0 Å². The van der Waals surface area contributed by atoms with Gasteiger partial charge in [0.15, 0.2) is 5.17 Å². The number of halogens is 1. The number of benzene rings is 1. The summed E-state index contributed by atoms with van der Waals surface area (Å²) in [5, 5.41) is 1.49. The molecule has 0 amide bonds. The van der Waals surface area contributed by atoms with Crippen molar-refractivity contribution in [3.05, 3.63) is 53.4 Å². The second kappa shape index (κ2) is 4.24. The number of furan rings is 1. The van der Waals surface area contributed by atoms with Crippen LogP contribution in [0, 0.1) is 5.82 Å². The van der Waals surface area contributed by atoms with E-state index in [-0.39, 0.29) is 5.82 Å². The number of amidine groups is 1. The summed E-state index contributed by atoms with van der Waals surface area (Å²) in [6.45, 7) is 5.50. The molecule has 1 aromatic heterocycles. The van der Waals surface area contributed by atoms with Crippen LogP contribution in [0.15, 0.2) is 51.4 Å². The Morgan fingerprint density at radius 3 is 3.15 bits per heavy atom. The van der Waals surface area contributed by atoms with Crippen LogP contribution in [-0.2, 0) is 0 Å². The Morgan fingerprint density at radius 1 is 1.40 bits per heavy atom. The van der Waals surface area contributed by atoms with E-state index in [4.69, 9.17) is 4.42 Å². The molecule has 0 unspecified atom stereocenters. The molecule has 3 heterocycles. The van der Waals surface area contributed by atoms with E-state index in [1.165, 1.54) is 12.3 Å². The topological polar surface area (TPSA) is 28.7 Å². The van der Waals surface area contributed by atoms with Crippen LogP contribution in [0.1, 0.15) is 5.56 Å². The first-order valence-electron chi connectivity index (χ1n) is 6.32. The van der Waals surface area contributed by atoms with E-state index in [1.54, 1.807) is 23.9 Å². The monoisotopic (exact) mass is 286 g/mol. The van der Waals surface area contributed by atoms with Gasteiger partial charge in [-0.2, -0.15) is 0 Å². The first-order valence-corrected chi connectivity index (χ1v) is 7.14. The molecule has 2 aromatic rings. The lowest BCUT2D eigenvalue weighted by atomic mass is 10.1. The molecule has 0 saturated heterocycles. The SMILES string of the molecule is C=CC1=C(c2ccc(F)c3ccoc23)N2CCN=C2S1. The fourth-order valence-electron chi connectivity index (χ4n) is 2.63. The molecule has 100 valence electrons. The summed E-state index contributed by atoms with van der Waals surface area (Å²) < 4.78 is 19.3. The molecule has 0 radical (unpaired) electrons. The van der Waals surface area contributed by atoms with Gasteiger partial charge in [-0.05, 0) is 30.0 Å². The molecule has 20 heavy (non-hydrogen) atoms. The normalized spacial score (nSPS) is 17.9. The minimum absolute atomic E-state index is 0.265. The Hall–Kier alpha value is -2.01. The van der Waals surface area contributed by atoms with Gasteiger partial charge in [-0.3, -0.25) is 4.99 Å². The zero-order valence-electron chi connectivity index (χ0n) is 10.6. The zero-order chi connectivity index (χ0) is 13.7. The number of hydrogen-bond donors (Lipinski definition) is 0. The second-order valence-electron chi connectivity index (χ2n) is 4.59. The summed E-state index contributed by atoms with van der Waals surface area (Å²) in [6, 6.07) is 4.90. The summed E-state index contributed by atoms with van der Waals surface area (Å²) in [6.07, 6.45) is 3.34. The third-order valence-corrected chi connectivity index (χ3v) is 4.62. The molecular weight excluding hydrogens is 275 g/mol. The third kappa shape index (κ3) is 1.50. The summed E-state index contributed by atoms with van der Waals surface area (Å²) in [4.78, 5) is 7.65. The number of rotatable bonds is 2. The number of hydrogen-bond acceptors (Lipinski definition) is 4. The van der Waals surface area contributed by atoms with Gasteiger partial charge in [0.05, 0.1) is 23.9 Å². The van der Waals surface area contributed by atoms with E-state index in [2.05, 4.69) is 16.5 Å². The highest BCUT2D eigenvalue weighted by Crippen LogP contribution is 2.44. The molecule has 0 saturated carbocycles. The smallest absolute Gasteiger partial charge is 0.168 e. The summed E-state index contributed by atoms with van der Waals surface area (Å²) in [5.41, 5.74) is 2.48. The van der Waals surface area contributed by atoms with Gasteiger partial charge in [0.25, 0.3) is 0 Å². The highest BCUT2D eigenvalue weighted by atomic mass is 32.2. The fourth-order valence-corrected chi connectivity index (χ4v) is 3.68. The van der Waals surface area contributed by atoms with Crippen molar-refractivity contribution in [3.63, 3.8) is 0 Å². The molecule has 1 aromatic carbocycles. The Kier molecular flexibility index (Phi) is 2.50. The second-order valence-corrected chi connectivity index (χ2v) is 5.60. The van der Waals surface area contributed by atoms with Gasteiger partial charge in [-0.1, -0.05) is 12.7 Å². The van der Waals surface area contributed by atoms with Crippen LogP contribution in [0.3, 0.4) is 0 Å². The van der Waals surface area contributed by atoms with Crippen molar-refractivity contribution in [2.45, 2.75) is 0 Å². The predicted octanol–water partition coefficient (Wildman–Crippen LogP) is 3.84. The highest BCUT2D eigenvalue weighted by Gasteiger charge is 2.33. The van der Waals surface area contributed by atoms with Gasteiger partial charge in [-0.25, -0.2) is 4.39 Å². The minimum Gasteiger partial charge on any atom is -0.464 e. The van der Waals surface area contributed by atoms with Gasteiger partial charge in [0.2, 0.25) is 0 Å². The molecule has 2 aliphatic heterocycles. The molecule has 5 heteroatoms. The molecular formula is C15H11FN2OS. The molecule has 0 fully saturated rings. The van der Waals surface area contributed by atoms with Crippen LogP contribution in [0.25, 0.3) is 16.7 Å². The summed E-state index contributed by atoms with van der Waals surface area (Å²) in [5.74, 6) is -0.265. The summed E-state index contributed by atoms with van der Waals surface area (Å²) >= 11 is 1.60. The average Bonchev–Trinajstić information content (AvgIpc) is 3.14. The van der Waals surface area contributed by atoms with Gasteiger partial charge < -0.3 is 9.32 Å². The van der Waals surface area contributed by atoms with Crippen molar-refractivity contribution in [2.75, 3.05) is 13.1 Å². The van der Waals surface area contributed by atoms with Crippen molar-refractivity contribution >= 4 is 33.6 Å². The van der Waals surface area contributed by atoms with E-state index >= 15 is 0 Å². The predicted molar refractivity (Wildman–Crippen MR) is 79.9 cm³/mol. The quantitative estimate of drug-likeness (QED) is 0.839. The van der Waals surface area contributed by atoms with E-state index in [9.17, 15) is 4.39 Å². The standard InChI is InChI=1S/C15H11FN2OS/c1-2-12-13(18-7-6-17-15(18)20-12)10-3-4-11(16)9-5-8-19-14(9)10/h2-5,8H,1,6-7H2. The number of allylic oxidation sites excluding steroid dienone is 1. The van der Waals surface area contributed by atoms with Crippen LogP contribution in [0.4, 0.5) is 4.39 Å². The molecule has 0 spiro atoms. The molecule has 4 rings (SSSR count). The Bertz CT molecular complexity index is 790. The minimum atomic E-state index is -0.265. The maximum atomic E-state index is 13.8. The van der Waals surface area contributed by atoms with Crippen molar-refractivity contribution in [3.8, 4) is 0 Å². The van der Waals surface area contributed by atoms with Crippen molar-refractivity contribution in [1.82, 2.24) is 4.90 Å². The van der Waals surface area contributed by atoms with E-state index < -0.39 is 0 Å². The average molecular weight is 286 g/mol. The van der Waals surface area contributed by atoms with E-state index in [1.807, 2.05) is 6.08 Å². The fraction of sp³-hybridized carbons (Fsp3) is 0.133. The van der Waals surface area contributed by atoms with Crippen LogP contribution in [0.2, 0.25) is 0 Å². The lowest BCUT2D eigenvalue weighted by Gasteiger charge is -2.17. The third-order valence-electron chi connectivity index (χ3n) is 3.51. The largest absolute Gasteiger partial charge is 0.464 e. The Balaban J connectivity index is 1.98. The number of nitrogens with zero attached hydrogens (tertiary/aromatic N) is 2. The molecule has 3 nitrogen and oxygen atoms in total. The highest BCUT2D eigenvalue weighted by molar-refractivity contribution is 8.17. The lowest BCUT2D eigenvalue weighted by Crippen LogP contribution is -2.20. The van der Waals surface area contributed by atoms with Gasteiger partial charge >= 0.3 is 0 Å². The zero-order valence-corrected chi connectivity index (χ0v) is 11.4. The van der Waals surface area contributed by atoms with Crippen molar-refractivity contribution in [2.24, 2.45) is 4.99 Å². The van der Waals surface area contributed by atoms with Crippen LogP contribution < -0.4 is 0 Å². The lowest BCUT2D eigenvalue weighted by molar-refractivity contribution is 0.603. The number of aliphatic imine (C=N–C) groups is 1.